The molecule has 1 fully saturated rings. The van der Waals surface area contributed by atoms with Gasteiger partial charge in [0.15, 0.2) is 0 Å². The van der Waals surface area contributed by atoms with E-state index in [1.54, 1.807) is 12.4 Å². The van der Waals surface area contributed by atoms with Crippen molar-refractivity contribution < 1.29 is 9.21 Å². The number of nitrogens with zero attached hydrogens (tertiary/aromatic N) is 4. The minimum absolute atomic E-state index is 0.0657. The van der Waals surface area contributed by atoms with E-state index in [-0.39, 0.29) is 11.8 Å². The molecule has 0 spiro atoms. The number of aryl methyl sites for hydroxylation is 3. The van der Waals surface area contributed by atoms with E-state index in [1.165, 1.54) is 0 Å². The summed E-state index contributed by atoms with van der Waals surface area (Å²) in [6.45, 7) is 7.88. The van der Waals surface area contributed by atoms with Crippen molar-refractivity contribution in [1.29, 1.82) is 0 Å². The van der Waals surface area contributed by atoms with Gasteiger partial charge in [0, 0.05) is 37.6 Å². The van der Waals surface area contributed by atoms with Crippen molar-refractivity contribution in [2.24, 2.45) is 5.92 Å². The third kappa shape index (κ3) is 3.56. The van der Waals surface area contributed by atoms with Crippen molar-refractivity contribution >= 4 is 22.8 Å². The number of hydrogen-bond acceptors (Lipinski definition) is 6. The van der Waals surface area contributed by atoms with E-state index in [2.05, 4.69) is 20.2 Å². The van der Waals surface area contributed by atoms with Gasteiger partial charge in [0.2, 0.25) is 11.6 Å². The van der Waals surface area contributed by atoms with E-state index in [4.69, 9.17) is 9.40 Å². The predicted molar refractivity (Wildman–Crippen MR) is 107 cm³/mol. The van der Waals surface area contributed by atoms with Gasteiger partial charge in [-0.15, -0.1) is 0 Å². The lowest BCUT2D eigenvalue weighted by Gasteiger charge is -2.33. The molecule has 0 saturated carbocycles. The van der Waals surface area contributed by atoms with Gasteiger partial charge in [-0.1, -0.05) is 6.07 Å². The number of amides is 1. The summed E-state index contributed by atoms with van der Waals surface area (Å²) in [6, 6.07) is 3.84. The molecule has 0 aliphatic carbocycles. The second-order valence-corrected chi connectivity index (χ2v) is 7.42. The summed E-state index contributed by atoms with van der Waals surface area (Å²) in [5, 5.41) is 4.01. The van der Waals surface area contributed by atoms with Gasteiger partial charge in [-0.05, 0) is 45.2 Å². The molecule has 1 amide bonds. The summed E-state index contributed by atoms with van der Waals surface area (Å²) >= 11 is 0. The predicted octanol–water partition coefficient (Wildman–Crippen LogP) is 3.08. The van der Waals surface area contributed by atoms with Crippen molar-refractivity contribution in [1.82, 2.24) is 20.3 Å². The fraction of sp³-hybridized carbons (Fsp3) is 0.429. The molecule has 28 heavy (non-hydrogen) atoms. The van der Waals surface area contributed by atoms with Crippen LogP contribution in [0.2, 0.25) is 0 Å². The van der Waals surface area contributed by atoms with Crippen LogP contribution in [0.4, 0.5) is 5.82 Å². The summed E-state index contributed by atoms with van der Waals surface area (Å²) in [4.78, 5) is 28.2. The summed E-state index contributed by atoms with van der Waals surface area (Å²) in [5.74, 6) is 2.43. The van der Waals surface area contributed by atoms with E-state index in [0.29, 0.717) is 24.6 Å². The molecule has 146 valence electrons. The van der Waals surface area contributed by atoms with Gasteiger partial charge in [0.05, 0.1) is 11.3 Å². The zero-order valence-electron chi connectivity index (χ0n) is 16.5. The van der Waals surface area contributed by atoms with Crippen LogP contribution in [0.25, 0.3) is 11.1 Å². The molecule has 0 aromatic carbocycles. The topological polar surface area (TPSA) is 84.2 Å². The highest BCUT2D eigenvalue weighted by Crippen LogP contribution is 2.33. The summed E-state index contributed by atoms with van der Waals surface area (Å²) in [5.41, 5.74) is 2.69. The number of pyridine rings is 1. The monoisotopic (exact) mass is 379 g/mol. The van der Waals surface area contributed by atoms with E-state index >= 15 is 0 Å². The summed E-state index contributed by atoms with van der Waals surface area (Å²) in [6.07, 6.45) is 5.34. The lowest BCUT2D eigenvalue weighted by Crippen LogP contribution is -2.43. The van der Waals surface area contributed by atoms with Crippen LogP contribution in [0.5, 0.6) is 0 Å². The molecule has 1 N–H and O–H groups in total. The molecule has 3 aromatic rings. The Morgan fingerprint density at radius 1 is 1.32 bits per heavy atom. The Bertz CT molecular complexity index is 999. The Kier molecular flexibility index (Phi) is 4.98. The first-order chi connectivity index (χ1) is 13.5. The van der Waals surface area contributed by atoms with Crippen LogP contribution in [0.3, 0.4) is 0 Å². The maximum Gasteiger partial charge on any atom is 0.231 e. The molecule has 7 heteroatoms. The summed E-state index contributed by atoms with van der Waals surface area (Å²) < 4.78 is 5.81. The lowest BCUT2D eigenvalue weighted by molar-refractivity contribution is -0.125. The Morgan fingerprint density at radius 2 is 2.18 bits per heavy atom. The van der Waals surface area contributed by atoms with Crippen LogP contribution >= 0.6 is 0 Å². The smallest absolute Gasteiger partial charge is 0.231 e. The van der Waals surface area contributed by atoms with E-state index in [9.17, 15) is 4.79 Å². The van der Waals surface area contributed by atoms with Crippen molar-refractivity contribution in [3.63, 3.8) is 0 Å². The third-order valence-electron chi connectivity index (χ3n) is 5.40. The first-order valence-corrected chi connectivity index (χ1v) is 9.69. The number of carbonyl (C=O) groups is 1. The van der Waals surface area contributed by atoms with Crippen LogP contribution in [0.1, 0.15) is 35.6 Å². The highest BCUT2D eigenvalue weighted by Gasteiger charge is 2.29. The molecule has 1 saturated heterocycles. The maximum atomic E-state index is 12.7. The van der Waals surface area contributed by atoms with Crippen molar-refractivity contribution in [2.45, 2.75) is 40.2 Å². The molecular weight excluding hydrogens is 354 g/mol. The quantitative estimate of drug-likeness (QED) is 0.750. The highest BCUT2D eigenvalue weighted by atomic mass is 16.3. The van der Waals surface area contributed by atoms with E-state index in [0.717, 1.165) is 47.5 Å². The Hall–Kier alpha value is -2.96. The molecule has 1 atom stereocenters. The highest BCUT2D eigenvalue weighted by molar-refractivity contribution is 5.90. The van der Waals surface area contributed by atoms with Gasteiger partial charge in [-0.2, -0.15) is 4.98 Å². The number of fused-ring (bicyclic) bond motifs is 1. The number of nitrogens with one attached hydrogen (secondary N) is 1. The number of anilines is 1. The standard InChI is InChI=1S/C21H25N5O2/c1-13-14(2)28-21-18(13)19(24-15(3)25-21)26-9-5-7-17(12-26)20(27)23-11-16-6-4-8-22-10-16/h4,6,8,10,17H,5,7,9,11-12H2,1-3H3,(H,23,27). The molecule has 4 heterocycles. The van der Waals surface area contributed by atoms with Crippen molar-refractivity contribution in [2.75, 3.05) is 18.0 Å². The van der Waals surface area contributed by atoms with E-state index in [1.807, 2.05) is 32.9 Å². The van der Waals surface area contributed by atoms with Gasteiger partial charge in [-0.3, -0.25) is 9.78 Å². The van der Waals surface area contributed by atoms with Crippen LogP contribution in [0.15, 0.2) is 28.9 Å². The second-order valence-electron chi connectivity index (χ2n) is 7.42. The minimum atomic E-state index is -0.0657. The van der Waals surface area contributed by atoms with Gasteiger partial charge in [0.1, 0.15) is 17.4 Å². The molecule has 1 unspecified atom stereocenters. The average Bonchev–Trinajstić information content (AvgIpc) is 3.00. The molecule has 7 nitrogen and oxygen atoms in total. The fourth-order valence-corrected chi connectivity index (χ4v) is 3.78. The molecule has 1 aliphatic heterocycles. The Labute approximate surface area is 164 Å². The number of aromatic nitrogens is 3. The molecule has 1 aliphatic rings. The number of hydrogen-bond donors (Lipinski definition) is 1. The van der Waals surface area contributed by atoms with Crippen LogP contribution < -0.4 is 10.2 Å². The lowest BCUT2D eigenvalue weighted by atomic mass is 9.96. The maximum absolute atomic E-state index is 12.7. The first-order valence-electron chi connectivity index (χ1n) is 9.69. The zero-order chi connectivity index (χ0) is 19.7. The Morgan fingerprint density at radius 3 is 2.96 bits per heavy atom. The molecule has 0 radical (unpaired) electrons. The largest absolute Gasteiger partial charge is 0.443 e. The van der Waals surface area contributed by atoms with Gasteiger partial charge in [-0.25, -0.2) is 4.98 Å². The number of carbonyl (C=O) groups excluding carboxylic acids is 1. The number of furan rings is 1. The SMILES string of the molecule is Cc1nc(N2CCCC(C(=O)NCc3cccnc3)C2)c2c(C)c(C)oc2n1. The third-order valence-corrected chi connectivity index (χ3v) is 5.40. The average molecular weight is 379 g/mol. The molecule has 0 bridgehead atoms. The van der Waals surface area contributed by atoms with Crippen molar-refractivity contribution in [3.05, 3.63) is 47.2 Å². The van der Waals surface area contributed by atoms with Crippen LogP contribution in [-0.2, 0) is 11.3 Å². The van der Waals surface area contributed by atoms with Crippen molar-refractivity contribution in [3.8, 4) is 0 Å². The first kappa shape index (κ1) is 18.4. The normalized spacial score (nSPS) is 17.1. The fourth-order valence-electron chi connectivity index (χ4n) is 3.78. The van der Waals surface area contributed by atoms with Gasteiger partial charge >= 0.3 is 0 Å². The molecule has 3 aromatic heterocycles. The Balaban J connectivity index is 1.52. The second kappa shape index (κ2) is 7.58. The van der Waals surface area contributed by atoms with Crippen LogP contribution in [-0.4, -0.2) is 33.9 Å². The van der Waals surface area contributed by atoms with E-state index < -0.39 is 0 Å². The number of piperidine rings is 1. The molecular formula is C21H25N5O2. The zero-order valence-corrected chi connectivity index (χ0v) is 16.5. The van der Waals surface area contributed by atoms with Gasteiger partial charge in [0.25, 0.3) is 0 Å². The minimum Gasteiger partial charge on any atom is -0.443 e. The number of rotatable bonds is 4. The summed E-state index contributed by atoms with van der Waals surface area (Å²) in [7, 11) is 0. The van der Waals surface area contributed by atoms with Gasteiger partial charge < -0.3 is 14.6 Å². The van der Waals surface area contributed by atoms with Crippen LogP contribution in [0, 0.1) is 26.7 Å². The molecule has 4 rings (SSSR count).